The van der Waals surface area contributed by atoms with Crippen LogP contribution in [0.5, 0.6) is 0 Å². The van der Waals surface area contributed by atoms with Crippen molar-refractivity contribution in [3.05, 3.63) is 24.0 Å². The molecule has 1 aromatic heterocycles. The molecule has 1 amide bonds. The number of aliphatic carboxylic acids is 1. The highest BCUT2D eigenvalue weighted by atomic mass is 19.4. The summed E-state index contributed by atoms with van der Waals surface area (Å²) < 4.78 is 38.2. The van der Waals surface area contributed by atoms with Crippen molar-refractivity contribution in [1.82, 2.24) is 9.47 Å². The predicted octanol–water partition coefficient (Wildman–Crippen LogP) is 2.13. The van der Waals surface area contributed by atoms with Gasteiger partial charge < -0.3 is 14.6 Å². The van der Waals surface area contributed by atoms with Crippen molar-refractivity contribution < 1.29 is 27.9 Å². The number of halogens is 3. The number of carboxylic acids is 1. The minimum atomic E-state index is -4.42. The number of nitrogens with zero attached hydrogens (tertiary/aromatic N) is 2. The first-order chi connectivity index (χ1) is 9.78. The maximum atomic E-state index is 12.5. The lowest BCUT2D eigenvalue weighted by Crippen LogP contribution is -2.36. The number of carboxylic acid groups (broad SMARTS) is 1. The van der Waals surface area contributed by atoms with Gasteiger partial charge in [-0.25, -0.2) is 0 Å². The first-order valence-electron chi connectivity index (χ1n) is 6.52. The third kappa shape index (κ3) is 4.24. The lowest BCUT2D eigenvalue weighted by atomic mass is 10.3. The largest absolute Gasteiger partial charge is 0.481 e. The third-order valence-corrected chi connectivity index (χ3v) is 3.21. The summed E-state index contributed by atoms with van der Waals surface area (Å²) in [6.45, 7) is -1.23. The van der Waals surface area contributed by atoms with E-state index in [9.17, 15) is 22.8 Å². The van der Waals surface area contributed by atoms with Crippen molar-refractivity contribution in [3.8, 4) is 0 Å². The first-order valence-corrected chi connectivity index (χ1v) is 6.52. The predicted molar refractivity (Wildman–Crippen MR) is 66.8 cm³/mol. The first kappa shape index (κ1) is 15.4. The monoisotopic (exact) mass is 304 g/mol. The van der Waals surface area contributed by atoms with E-state index in [4.69, 9.17) is 5.11 Å². The maximum Gasteiger partial charge on any atom is 0.406 e. The van der Waals surface area contributed by atoms with Crippen LogP contribution in [0.25, 0.3) is 0 Å². The van der Waals surface area contributed by atoms with Crippen LogP contribution in [0.3, 0.4) is 0 Å². The number of carbonyl (C=O) groups is 2. The Balaban J connectivity index is 2.13. The molecule has 1 aromatic rings. The molecule has 1 aliphatic carbocycles. The second-order valence-electron chi connectivity index (χ2n) is 5.01. The molecule has 1 aliphatic rings. The van der Waals surface area contributed by atoms with E-state index in [1.54, 1.807) is 0 Å². The zero-order chi connectivity index (χ0) is 15.6. The van der Waals surface area contributed by atoms with E-state index in [0.29, 0.717) is 0 Å². The molecule has 5 nitrogen and oxygen atoms in total. The van der Waals surface area contributed by atoms with Gasteiger partial charge in [0.15, 0.2) is 0 Å². The number of alkyl halides is 3. The lowest BCUT2D eigenvalue weighted by molar-refractivity contribution is -0.140. The maximum absolute atomic E-state index is 12.5. The third-order valence-electron chi connectivity index (χ3n) is 3.21. The average Bonchev–Trinajstić information content (AvgIpc) is 3.07. The van der Waals surface area contributed by atoms with Gasteiger partial charge >= 0.3 is 12.1 Å². The van der Waals surface area contributed by atoms with Crippen molar-refractivity contribution in [2.24, 2.45) is 0 Å². The van der Waals surface area contributed by atoms with Gasteiger partial charge in [-0.1, -0.05) is 0 Å². The number of hydrogen-bond donors (Lipinski definition) is 1. The molecule has 0 saturated heterocycles. The fraction of sp³-hybridized carbons (Fsp3) is 0.538. The summed E-state index contributed by atoms with van der Waals surface area (Å²) in [6.07, 6.45) is -1.93. The molecule has 0 radical (unpaired) electrons. The Kier molecular flexibility index (Phi) is 4.24. The molecule has 0 bridgehead atoms. The van der Waals surface area contributed by atoms with Crippen LogP contribution in [0.4, 0.5) is 13.2 Å². The molecule has 0 aliphatic heterocycles. The summed E-state index contributed by atoms with van der Waals surface area (Å²) >= 11 is 0. The number of amides is 1. The average molecular weight is 304 g/mol. The van der Waals surface area contributed by atoms with Gasteiger partial charge in [0.25, 0.3) is 5.91 Å². The lowest BCUT2D eigenvalue weighted by Gasteiger charge is -2.22. The summed E-state index contributed by atoms with van der Waals surface area (Å²) in [5.41, 5.74) is -0.0652. The van der Waals surface area contributed by atoms with E-state index >= 15 is 0 Å². The number of hydrogen-bond acceptors (Lipinski definition) is 2. The fourth-order valence-corrected chi connectivity index (χ4v) is 2.14. The summed E-state index contributed by atoms with van der Waals surface area (Å²) in [5.74, 6) is -1.59. The Morgan fingerprint density at radius 2 is 2.05 bits per heavy atom. The molecule has 2 rings (SSSR count). The minimum Gasteiger partial charge on any atom is -0.481 e. The highest BCUT2D eigenvalue weighted by molar-refractivity contribution is 5.93. The van der Waals surface area contributed by atoms with Crippen molar-refractivity contribution in [2.45, 2.75) is 38.0 Å². The Hall–Kier alpha value is -1.99. The van der Waals surface area contributed by atoms with E-state index in [1.807, 2.05) is 0 Å². The Morgan fingerprint density at radius 1 is 1.38 bits per heavy atom. The molecule has 21 heavy (non-hydrogen) atoms. The van der Waals surface area contributed by atoms with Gasteiger partial charge in [-0.3, -0.25) is 9.59 Å². The molecule has 0 unspecified atom stereocenters. The highest BCUT2D eigenvalue weighted by Crippen LogP contribution is 2.29. The molecule has 1 heterocycles. The van der Waals surface area contributed by atoms with E-state index in [2.05, 4.69) is 0 Å². The molecule has 0 aromatic carbocycles. The van der Waals surface area contributed by atoms with Crippen LogP contribution >= 0.6 is 0 Å². The molecule has 0 spiro atoms. The van der Waals surface area contributed by atoms with Gasteiger partial charge in [0.1, 0.15) is 12.2 Å². The van der Waals surface area contributed by atoms with Crippen molar-refractivity contribution in [1.29, 1.82) is 0 Å². The van der Waals surface area contributed by atoms with E-state index < -0.39 is 24.6 Å². The Bertz CT molecular complexity index is 535. The summed E-state index contributed by atoms with van der Waals surface area (Å²) in [4.78, 5) is 24.3. The Morgan fingerprint density at radius 3 is 2.57 bits per heavy atom. The molecular weight excluding hydrogens is 289 g/mol. The number of carbonyl (C=O) groups excluding carboxylic acids is 1. The normalized spacial score (nSPS) is 15.0. The Labute approximate surface area is 119 Å². The summed E-state index contributed by atoms with van der Waals surface area (Å²) in [6, 6.07) is 2.64. The molecule has 0 atom stereocenters. The van der Waals surface area contributed by atoms with Gasteiger partial charge in [-0.15, -0.1) is 0 Å². The van der Waals surface area contributed by atoms with Crippen molar-refractivity contribution in [3.63, 3.8) is 0 Å². The molecule has 1 fully saturated rings. The molecule has 116 valence electrons. The van der Waals surface area contributed by atoms with Crippen LogP contribution in [0.2, 0.25) is 0 Å². The van der Waals surface area contributed by atoms with E-state index in [1.165, 1.54) is 23.2 Å². The topological polar surface area (TPSA) is 62.5 Å². The summed E-state index contributed by atoms with van der Waals surface area (Å²) in [7, 11) is 0. The molecular formula is C13H15F3N2O3. The second kappa shape index (κ2) is 5.79. The van der Waals surface area contributed by atoms with Crippen LogP contribution in [-0.2, 0) is 11.3 Å². The molecule has 8 heteroatoms. The molecule has 1 saturated carbocycles. The highest BCUT2D eigenvalue weighted by Gasteiger charge is 2.35. The van der Waals surface area contributed by atoms with Crippen LogP contribution in [0.1, 0.15) is 29.8 Å². The number of rotatable bonds is 6. The van der Waals surface area contributed by atoms with Crippen LogP contribution in [0, 0.1) is 0 Å². The zero-order valence-corrected chi connectivity index (χ0v) is 11.1. The van der Waals surface area contributed by atoms with Gasteiger partial charge in [-0.2, -0.15) is 13.2 Å². The van der Waals surface area contributed by atoms with Gasteiger partial charge in [-0.05, 0) is 25.0 Å². The minimum absolute atomic E-state index is 0.00995. The van der Waals surface area contributed by atoms with Gasteiger partial charge in [0.2, 0.25) is 0 Å². The van der Waals surface area contributed by atoms with Crippen LogP contribution in [-0.4, -0.2) is 45.2 Å². The summed E-state index contributed by atoms with van der Waals surface area (Å²) in [5, 5.41) is 8.69. The van der Waals surface area contributed by atoms with Gasteiger partial charge in [0, 0.05) is 18.8 Å². The second-order valence-corrected chi connectivity index (χ2v) is 5.01. The van der Waals surface area contributed by atoms with E-state index in [0.717, 1.165) is 17.4 Å². The zero-order valence-electron chi connectivity index (χ0n) is 11.1. The van der Waals surface area contributed by atoms with Crippen LogP contribution in [0.15, 0.2) is 18.3 Å². The number of aromatic nitrogens is 1. The smallest absolute Gasteiger partial charge is 0.406 e. The van der Waals surface area contributed by atoms with Crippen molar-refractivity contribution in [2.75, 3.05) is 6.54 Å². The van der Waals surface area contributed by atoms with Gasteiger partial charge in [0.05, 0.1) is 6.42 Å². The van der Waals surface area contributed by atoms with Crippen molar-refractivity contribution >= 4 is 11.9 Å². The van der Waals surface area contributed by atoms with E-state index in [-0.39, 0.29) is 24.7 Å². The fourth-order valence-electron chi connectivity index (χ4n) is 2.14. The standard InChI is InChI=1S/C13H15F3N2O3/c14-13(15,16)8-17-6-1-2-10(17)12(21)18(9-3-4-9)7-5-11(19)20/h1-2,6,9H,3-5,7-8H2,(H,19,20). The SMILES string of the molecule is O=C(O)CCN(C(=O)c1cccn1CC(F)(F)F)C1CC1. The van der Waals surface area contributed by atoms with Crippen LogP contribution < -0.4 is 0 Å². The quantitative estimate of drug-likeness (QED) is 0.875. The molecule has 1 N–H and O–H groups in total.